The van der Waals surface area contributed by atoms with Crippen molar-refractivity contribution in [2.75, 3.05) is 55.0 Å². The lowest BCUT2D eigenvalue weighted by Crippen LogP contribution is -2.49. The van der Waals surface area contributed by atoms with Gasteiger partial charge in [-0.1, -0.05) is 42.5 Å². The lowest BCUT2D eigenvalue weighted by molar-refractivity contribution is -0.143. The summed E-state index contributed by atoms with van der Waals surface area (Å²) in [6.45, 7) is 5.23. The highest BCUT2D eigenvalue weighted by Crippen LogP contribution is 2.31. The van der Waals surface area contributed by atoms with E-state index in [1.807, 2.05) is 72.8 Å². The fourth-order valence-electron chi connectivity index (χ4n) is 6.63. The van der Waals surface area contributed by atoms with E-state index in [9.17, 15) is 19.2 Å². The van der Waals surface area contributed by atoms with Crippen LogP contribution in [0, 0.1) is 0 Å². The smallest absolute Gasteiger partial charge is 0.328 e. The fraction of sp³-hybridized carbons (Fsp3) is 0.306. The van der Waals surface area contributed by atoms with E-state index >= 15 is 0 Å². The molecule has 0 radical (unpaired) electrons. The van der Waals surface area contributed by atoms with Crippen molar-refractivity contribution in [3.05, 3.63) is 107 Å². The van der Waals surface area contributed by atoms with Crippen molar-refractivity contribution in [2.24, 2.45) is 0 Å². The number of nitrogens with zero attached hydrogens (tertiary/aromatic N) is 5. The molecule has 3 aliphatic heterocycles. The van der Waals surface area contributed by atoms with Gasteiger partial charge in [-0.3, -0.25) is 34.6 Å². The topological polar surface area (TPSA) is 143 Å². The summed E-state index contributed by atoms with van der Waals surface area (Å²) in [6.07, 6.45) is -0.413. The first-order valence-corrected chi connectivity index (χ1v) is 16.4. The third-order valence-corrected chi connectivity index (χ3v) is 9.31. The summed E-state index contributed by atoms with van der Waals surface area (Å²) in [5.41, 5.74) is 5.83. The molecule has 252 valence electrons. The molecule has 7 rings (SSSR count). The minimum Gasteiger partial charge on any atom is -0.369 e. The molecule has 13 nitrogen and oxygen atoms in total. The zero-order valence-corrected chi connectivity index (χ0v) is 27.2. The molecule has 49 heavy (non-hydrogen) atoms. The number of anilines is 3. The summed E-state index contributed by atoms with van der Waals surface area (Å²) < 4.78 is 5.54. The van der Waals surface area contributed by atoms with Crippen LogP contribution in [-0.2, 0) is 34.0 Å². The molecule has 0 aliphatic carbocycles. The normalized spacial score (nSPS) is 17.1. The molecule has 4 heterocycles. The summed E-state index contributed by atoms with van der Waals surface area (Å²) in [6, 6.07) is 24.5. The summed E-state index contributed by atoms with van der Waals surface area (Å²) in [5, 5.41) is 12.6. The number of nitrogens with one attached hydrogen (secondary N) is 3. The van der Waals surface area contributed by atoms with E-state index in [-0.39, 0.29) is 23.8 Å². The van der Waals surface area contributed by atoms with Crippen LogP contribution >= 0.6 is 0 Å². The molecule has 2 fully saturated rings. The van der Waals surface area contributed by atoms with Crippen molar-refractivity contribution in [1.29, 1.82) is 0 Å². The number of urea groups is 1. The van der Waals surface area contributed by atoms with Crippen molar-refractivity contribution >= 4 is 40.9 Å². The van der Waals surface area contributed by atoms with Gasteiger partial charge in [0.05, 0.1) is 18.8 Å². The molecule has 1 aromatic heterocycles. The number of imide groups is 1. The number of piperazine rings is 1. The highest BCUT2D eigenvalue weighted by molar-refractivity contribution is 6.06. The number of aromatic amines is 1. The zero-order valence-electron chi connectivity index (χ0n) is 27.2. The second-order valence-electron chi connectivity index (χ2n) is 12.4. The van der Waals surface area contributed by atoms with Gasteiger partial charge in [-0.25, -0.2) is 4.79 Å². The van der Waals surface area contributed by atoms with Crippen LogP contribution in [0.1, 0.15) is 45.3 Å². The van der Waals surface area contributed by atoms with Gasteiger partial charge in [-0.05, 0) is 47.5 Å². The summed E-state index contributed by atoms with van der Waals surface area (Å²) in [4.78, 5) is 58.3. The Kier molecular flexibility index (Phi) is 9.09. The van der Waals surface area contributed by atoms with Crippen molar-refractivity contribution in [3.63, 3.8) is 0 Å². The Morgan fingerprint density at radius 2 is 1.67 bits per heavy atom. The number of aromatic nitrogens is 2. The standard InChI is InChI=1S/C36H38N8O5/c1-49-32(25-7-3-2-4-8-25)35(47)43-22-29-30(23-43)39-40-33(29)38-34(46)26-10-12-27(13-11-26)42-18-16-41(17-19-42)21-24-6-5-9-28(20-24)44-15-14-31(45)37-36(44)48/h2-13,20,32H,14-19,21-23H2,1H3,(H,37,45,48)(H2,38,39,40,46)/t32-/m1/s1. The van der Waals surface area contributed by atoms with Crippen LogP contribution in [0.2, 0.25) is 0 Å². The summed E-state index contributed by atoms with van der Waals surface area (Å²) in [5.74, 6) is -0.244. The van der Waals surface area contributed by atoms with Crippen molar-refractivity contribution in [3.8, 4) is 0 Å². The number of hydrogen-bond acceptors (Lipinski definition) is 8. The summed E-state index contributed by atoms with van der Waals surface area (Å²) >= 11 is 0. The molecule has 2 saturated heterocycles. The van der Waals surface area contributed by atoms with E-state index in [4.69, 9.17) is 4.74 Å². The van der Waals surface area contributed by atoms with Gasteiger partial charge in [0.1, 0.15) is 0 Å². The minimum absolute atomic E-state index is 0.149. The highest BCUT2D eigenvalue weighted by Gasteiger charge is 2.33. The molecule has 1 atom stereocenters. The van der Waals surface area contributed by atoms with Crippen LogP contribution in [0.4, 0.5) is 22.0 Å². The van der Waals surface area contributed by atoms with Crippen LogP contribution in [0.3, 0.4) is 0 Å². The number of carbonyl (C=O) groups is 4. The molecule has 5 amide bonds. The Morgan fingerprint density at radius 1 is 0.898 bits per heavy atom. The largest absolute Gasteiger partial charge is 0.369 e. The average Bonchev–Trinajstić information content (AvgIpc) is 3.71. The van der Waals surface area contributed by atoms with Gasteiger partial charge in [0.2, 0.25) is 5.91 Å². The number of methoxy groups -OCH3 is 1. The molecule has 0 spiro atoms. The highest BCUT2D eigenvalue weighted by atomic mass is 16.5. The second-order valence-corrected chi connectivity index (χ2v) is 12.4. The predicted molar refractivity (Wildman–Crippen MR) is 183 cm³/mol. The van der Waals surface area contributed by atoms with E-state index in [1.54, 1.807) is 9.80 Å². The van der Waals surface area contributed by atoms with Crippen LogP contribution in [0.15, 0.2) is 78.9 Å². The molecule has 3 aromatic carbocycles. The number of fused-ring (bicyclic) bond motifs is 1. The molecular formula is C36H38N8O5. The van der Waals surface area contributed by atoms with E-state index in [2.05, 4.69) is 36.7 Å². The summed E-state index contributed by atoms with van der Waals surface area (Å²) in [7, 11) is 1.52. The van der Waals surface area contributed by atoms with E-state index in [0.29, 0.717) is 37.4 Å². The minimum atomic E-state index is -0.708. The number of carbonyl (C=O) groups excluding carboxylic acids is 4. The second kappa shape index (κ2) is 13.9. The molecular weight excluding hydrogens is 624 g/mol. The van der Waals surface area contributed by atoms with Gasteiger partial charge in [-0.15, -0.1) is 0 Å². The third-order valence-electron chi connectivity index (χ3n) is 9.31. The fourth-order valence-corrected chi connectivity index (χ4v) is 6.63. The first-order valence-electron chi connectivity index (χ1n) is 16.4. The number of H-pyrrole nitrogens is 1. The molecule has 0 bridgehead atoms. The lowest BCUT2D eigenvalue weighted by atomic mass is 10.1. The van der Waals surface area contributed by atoms with Gasteiger partial charge in [0, 0.05) is 75.3 Å². The van der Waals surface area contributed by atoms with Gasteiger partial charge in [-0.2, -0.15) is 5.10 Å². The number of rotatable bonds is 9. The van der Waals surface area contributed by atoms with E-state index in [1.165, 1.54) is 7.11 Å². The first-order chi connectivity index (χ1) is 23.9. The Balaban J connectivity index is 0.911. The lowest BCUT2D eigenvalue weighted by Gasteiger charge is -2.36. The van der Waals surface area contributed by atoms with Gasteiger partial charge in [0.25, 0.3) is 11.8 Å². The van der Waals surface area contributed by atoms with Crippen molar-refractivity contribution in [2.45, 2.75) is 32.2 Å². The number of ether oxygens (including phenoxy) is 1. The van der Waals surface area contributed by atoms with Gasteiger partial charge in [0.15, 0.2) is 11.9 Å². The quantitative estimate of drug-likeness (QED) is 0.247. The van der Waals surface area contributed by atoms with E-state index < -0.39 is 6.10 Å². The maximum absolute atomic E-state index is 13.3. The van der Waals surface area contributed by atoms with Crippen LogP contribution in [-0.4, -0.2) is 83.6 Å². The molecule has 3 aliphatic rings. The van der Waals surface area contributed by atoms with E-state index in [0.717, 1.165) is 66.5 Å². The van der Waals surface area contributed by atoms with Crippen LogP contribution < -0.4 is 20.4 Å². The van der Waals surface area contributed by atoms with Gasteiger partial charge < -0.3 is 19.9 Å². The predicted octanol–water partition coefficient (Wildman–Crippen LogP) is 3.66. The Bertz CT molecular complexity index is 1850. The maximum Gasteiger partial charge on any atom is 0.328 e. The molecule has 13 heteroatoms. The van der Waals surface area contributed by atoms with Crippen LogP contribution in [0.25, 0.3) is 0 Å². The SMILES string of the molecule is CO[C@@H](C(=O)N1Cc2[nH]nc(NC(=O)c3ccc(N4CCN(Cc5cccc(N6CCC(=O)NC6=O)c5)CC4)cc3)c2C1)c1ccccc1. The first kappa shape index (κ1) is 32.0. The molecule has 0 saturated carbocycles. The molecule has 0 unspecified atom stereocenters. The molecule has 4 aromatic rings. The molecule has 3 N–H and O–H groups in total. The number of hydrogen-bond donors (Lipinski definition) is 3. The van der Waals surface area contributed by atoms with Crippen molar-refractivity contribution in [1.82, 2.24) is 25.3 Å². The van der Waals surface area contributed by atoms with Crippen LogP contribution in [0.5, 0.6) is 0 Å². The van der Waals surface area contributed by atoms with Crippen molar-refractivity contribution < 1.29 is 23.9 Å². The Labute approximate surface area is 283 Å². The van der Waals surface area contributed by atoms with Gasteiger partial charge >= 0.3 is 6.03 Å². The third kappa shape index (κ3) is 6.89. The maximum atomic E-state index is 13.3. The Hall–Kier alpha value is -5.53. The Morgan fingerprint density at radius 3 is 2.41 bits per heavy atom. The number of amides is 5. The monoisotopic (exact) mass is 662 g/mol. The zero-order chi connectivity index (χ0) is 33.9. The number of benzene rings is 3. The average molecular weight is 663 g/mol.